The number of nitrogens with one attached hydrogen (secondary N) is 1. The molecule has 3 aromatic carbocycles. The molecular weight excluding hydrogens is 598 g/mol. The van der Waals surface area contributed by atoms with Gasteiger partial charge in [0.2, 0.25) is 11.8 Å². The molecule has 40 heavy (non-hydrogen) atoms. The lowest BCUT2D eigenvalue weighted by Gasteiger charge is -2.32. The van der Waals surface area contributed by atoms with Crippen LogP contribution in [-0.4, -0.2) is 58.0 Å². The first kappa shape index (κ1) is 31.0. The summed E-state index contributed by atoms with van der Waals surface area (Å²) >= 11 is 3.44. The van der Waals surface area contributed by atoms with Crippen molar-refractivity contribution in [3.63, 3.8) is 0 Å². The van der Waals surface area contributed by atoms with E-state index >= 15 is 0 Å². The van der Waals surface area contributed by atoms with E-state index in [1.165, 1.54) is 37.3 Å². The molecule has 0 saturated carbocycles. The maximum atomic E-state index is 14.0. The number of carbonyl (C=O) groups is 2. The van der Waals surface area contributed by atoms with Crippen molar-refractivity contribution in [2.24, 2.45) is 0 Å². The Morgan fingerprint density at radius 3 is 2.17 bits per heavy atom. The summed E-state index contributed by atoms with van der Waals surface area (Å²) in [6.07, 6.45) is 0. The van der Waals surface area contributed by atoms with Crippen molar-refractivity contribution in [3.05, 3.63) is 82.8 Å². The van der Waals surface area contributed by atoms with Gasteiger partial charge in [-0.25, -0.2) is 8.42 Å². The van der Waals surface area contributed by atoms with Gasteiger partial charge in [-0.05, 0) is 62.7 Å². The van der Waals surface area contributed by atoms with Crippen LogP contribution in [-0.2, 0) is 26.2 Å². The first-order valence-electron chi connectivity index (χ1n) is 12.6. The number of sulfonamides is 1. The highest BCUT2D eigenvalue weighted by atomic mass is 79.9. The molecule has 0 aromatic heterocycles. The van der Waals surface area contributed by atoms with Crippen LogP contribution in [0.3, 0.4) is 0 Å². The van der Waals surface area contributed by atoms with Crippen molar-refractivity contribution in [2.75, 3.05) is 25.1 Å². The van der Waals surface area contributed by atoms with E-state index in [2.05, 4.69) is 21.2 Å². The van der Waals surface area contributed by atoms with Crippen LogP contribution in [0.25, 0.3) is 0 Å². The molecule has 214 valence electrons. The summed E-state index contributed by atoms with van der Waals surface area (Å²) in [5, 5.41) is 2.84. The molecule has 0 heterocycles. The molecule has 2 amide bonds. The standard InChI is InChI=1S/C29H34BrN3O6S/c1-20(2)31-29(35)21(3)32(18-22-10-9-11-23(30)16-22)28(34)19-33(24-12-7-6-8-13-24)40(36,37)25-14-15-26(38-4)27(17-25)39-5/h6-17,20-21H,18-19H2,1-5H3,(H,31,35)/t21-/m0/s1. The number of nitrogens with zero attached hydrogens (tertiary/aromatic N) is 2. The average Bonchev–Trinajstić information content (AvgIpc) is 2.93. The average molecular weight is 633 g/mol. The molecule has 0 spiro atoms. The molecule has 0 aliphatic heterocycles. The van der Waals surface area contributed by atoms with Crippen LogP contribution >= 0.6 is 15.9 Å². The first-order valence-corrected chi connectivity index (χ1v) is 14.8. The van der Waals surface area contributed by atoms with Crippen molar-refractivity contribution >= 4 is 43.5 Å². The summed E-state index contributed by atoms with van der Waals surface area (Å²) in [5.41, 5.74) is 1.08. The number of hydrogen-bond acceptors (Lipinski definition) is 6. The van der Waals surface area contributed by atoms with E-state index in [1.54, 1.807) is 37.3 Å². The summed E-state index contributed by atoms with van der Waals surface area (Å²) in [5.74, 6) is -0.279. The largest absolute Gasteiger partial charge is 0.493 e. The van der Waals surface area contributed by atoms with Crippen molar-refractivity contribution in [2.45, 2.75) is 44.3 Å². The number of para-hydroxylation sites is 1. The summed E-state index contributed by atoms with van der Waals surface area (Å²) < 4.78 is 40.4. The number of benzene rings is 3. The van der Waals surface area contributed by atoms with Gasteiger partial charge in [0.25, 0.3) is 10.0 Å². The zero-order valence-corrected chi connectivity index (χ0v) is 25.5. The van der Waals surface area contributed by atoms with E-state index in [9.17, 15) is 18.0 Å². The number of amides is 2. The second kappa shape index (κ2) is 13.7. The minimum absolute atomic E-state index is 0.0778. The lowest BCUT2D eigenvalue weighted by molar-refractivity contribution is -0.139. The number of ether oxygens (including phenoxy) is 2. The molecule has 0 radical (unpaired) electrons. The number of anilines is 1. The topological polar surface area (TPSA) is 105 Å². The van der Waals surface area contributed by atoms with Crippen LogP contribution in [0.4, 0.5) is 5.69 Å². The van der Waals surface area contributed by atoms with E-state index in [0.717, 1.165) is 14.3 Å². The van der Waals surface area contributed by atoms with E-state index in [0.29, 0.717) is 11.4 Å². The van der Waals surface area contributed by atoms with Crippen molar-refractivity contribution < 1.29 is 27.5 Å². The van der Waals surface area contributed by atoms with Crippen LogP contribution in [0, 0.1) is 0 Å². The Bertz CT molecular complexity index is 1430. The number of rotatable bonds is 12. The van der Waals surface area contributed by atoms with Crippen LogP contribution in [0.15, 0.2) is 82.2 Å². The number of methoxy groups -OCH3 is 2. The van der Waals surface area contributed by atoms with Crippen molar-refractivity contribution in [1.29, 1.82) is 0 Å². The normalized spacial score (nSPS) is 12.0. The van der Waals surface area contributed by atoms with Crippen LogP contribution in [0.1, 0.15) is 26.3 Å². The third-order valence-corrected chi connectivity index (χ3v) is 8.37. The van der Waals surface area contributed by atoms with Gasteiger partial charge < -0.3 is 19.7 Å². The minimum Gasteiger partial charge on any atom is -0.493 e. The van der Waals surface area contributed by atoms with Crippen LogP contribution in [0.5, 0.6) is 11.5 Å². The van der Waals surface area contributed by atoms with Gasteiger partial charge in [0.15, 0.2) is 11.5 Å². The zero-order chi connectivity index (χ0) is 29.4. The Labute approximate surface area is 244 Å². The fraction of sp³-hybridized carbons (Fsp3) is 0.310. The predicted molar refractivity (Wildman–Crippen MR) is 158 cm³/mol. The molecule has 0 saturated heterocycles. The molecule has 11 heteroatoms. The molecule has 1 atom stereocenters. The van der Waals surface area contributed by atoms with Gasteiger partial charge >= 0.3 is 0 Å². The van der Waals surface area contributed by atoms with Crippen LogP contribution < -0.4 is 19.1 Å². The van der Waals surface area contributed by atoms with Gasteiger partial charge in [-0.3, -0.25) is 13.9 Å². The summed E-state index contributed by atoms with van der Waals surface area (Å²) in [6, 6.07) is 19.0. The van der Waals surface area contributed by atoms with Gasteiger partial charge in [-0.1, -0.05) is 46.3 Å². The maximum absolute atomic E-state index is 14.0. The highest BCUT2D eigenvalue weighted by Crippen LogP contribution is 2.32. The SMILES string of the molecule is COc1ccc(S(=O)(=O)N(CC(=O)N(Cc2cccc(Br)c2)[C@@H](C)C(=O)NC(C)C)c2ccccc2)cc1OC. The van der Waals surface area contributed by atoms with Gasteiger partial charge in [0.05, 0.1) is 24.8 Å². The van der Waals surface area contributed by atoms with Gasteiger partial charge in [0.1, 0.15) is 12.6 Å². The summed E-state index contributed by atoms with van der Waals surface area (Å²) in [6.45, 7) is 4.86. The second-order valence-corrected chi connectivity index (χ2v) is 12.1. The highest BCUT2D eigenvalue weighted by Gasteiger charge is 2.33. The Balaban J connectivity index is 2.05. The Hall–Kier alpha value is -3.57. The molecule has 1 N–H and O–H groups in total. The molecule has 0 aliphatic carbocycles. The predicted octanol–water partition coefficient (Wildman–Crippen LogP) is 4.60. The molecule has 3 aromatic rings. The number of hydrogen-bond donors (Lipinski definition) is 1. The zero-order valence-electron chi connectivity index (χ0n) is 23.1. The number of halogens is 1. The van der Waals surface area contributed by atoms with E-state index in [-0.39, 0.29) is 29.1 Å². The van der Waals surface area contributed by atoms with E-state index in [4.69, 9.17) is 9.47 Å². The monoisotopic (exact) mass is 631 g/mol. The minimum atomic E-state index is -4.24. The van der Waals surface area contributed by atoms with E-state index < -0.39 is 28.5 Å². The Morgan fingerprint density at radius 2 is 1.57 bits per heavy atom. The molecule has 9 nitrogen and oxygen atoms in total. The molecule has 0 aliphatic rings. The molecule has 0 bridgehead atoms. The van der Waals surface area contributed by atoms with Crippen LogP contribution in [0.2, 0.25) is 0 Å². The van der Waals surface area contributed by atoms with Gasteiger partial charge in [-0.2, -0.15) is 0 Å². The smallest absolute Gasteiger partial charge is 0.264 e. The maximum Gasteiger partial charge on any atom is 0.264 e. The fourth-order valence-corrected chi connectivity index (χ4v) is 5.92. The van der Waals surface area contributed by atoms with Crippen molar-refractivity contribution in [1.82, 2.24) is 10.2 Å². The molecule has 0 fully saturated rings. The van der Waals surface area contributed by atoms with Crippen molar-refractivity contribution in [3.8, 4) is 11.5 Å². The third-order valence-electron chi connectivity index (χ3n) is 6.11. The molecular formula is C29H34BrN3O6S. The Kier molecular flexibility index (Phi) is 10.6. The first-order chi connectivity index (χ1) is 19.0. The lowest BCUT2D eigenvalue weighted by atomic mass is 10.1. The fourth-order valence-electron chi connectivity index (χ4n) is 4.05. The third kappa shape index (κ3) is 7.54. The summed E-state index contributed by atoms with van der Waals surface area (Å²) in [7, 11) is -1.37. The summed E-state index contributed by atoms with van der Waals surface area (Å²) in [4.78, 5) is 28.2. The quantitative estimate of drug-likeness (QED) is 0.313. The van der Waals surface area contributed by atoms with E-state index in [1.807, 2.05) is 38.1 Å². The molecule has 3 rings (SSSR count). The van der Waals surface area contributed by atoms with Gasteiger partial charge in [-0.15, -0.1) is 0 Å². The van der Waals surface area contributed by atoms with Gasteiger partial charge in [0, 0.05) is 23.1 Å². The Morgan fingerprint density at radius 1 is 0.900 bits per heavy atom. The molecule has 0 unspecified atom stereocenters. The lowest BCUT2D eigenvalue weighted by Crippen LogP contribution is -2.52. The highest BCUT2D eigenvalue weighted by molar-refractivity contribution is 9.10. The number of carbonyl (C=O) groups excluding carboxylic acids is 2. The second-order valence-electron chi connectivity index (χ2n) is 9.35.